The van der Waals surface area contributed by atoms with Crippen molar-refractivity contribution < 1.29 is 18.8 Å². The molecule has 2 aromatic carbocycles. The molecule has 0 saturated heterocycles. The van der Waals surface area contributed by atoms with Crippen molar-refractivity contribution in [2.24, 2.45) is 0 Å². The molecule has 0 aliphatic heterocycles. The molecular weight excluding hydrogens is 426 g/mol. The summed E-state index contributed by atoms with van der Waals surface area (Å²) in [6.07, 6.45) is 0. The number of halogens is 1. The van der Waals surface area contributed by atoms with Crippen molar-refractivity contribution in [3.05, 3.63) is 65.0 Å². The monoisotopic (exact) mass is 441 g/mol. The molecule has 30 heavy (non-hydrogen) atoms. The highest BCUT2D eigenvalue weighted by Crippen LogP contribution is 2.34. The second kappa shape index (κ2) is 8.98. The largest absolute Gasteiger partial charge is 0.493 e. The number of hydrogen-bond donors (Lipinski definition) is 1. The summed E-state index contributed by atoms with van der Waals surface area (Å²) in [6.45, 7) is -0.171. The number of anilines is 1. The molecule has 4 rings (SSSR count). The molecule has 2 heterocycles. The zero-order chi connectivity index (χ0) is 20.9. The van der Waals surface area contributed by atoms with E-state index >= 15 is 0 Å². The molecule has 0 aliphatic rings. The van der Waals surface area contributed by atoms with E-state index in [9.17, 15) is 4.79 Å². The van der Waals surface area contributed by atoms with E-state index < -0.39 is 0 Å². The van der Waals surface area contributed by atoms with Crippen molar-refractivity contribution in [2.75, 3.05) is 19.0 Å². The first-order valence-corrected chi connectivity index (χ1v) is 10.1. The van der Waals surface area contributed by atoms with E-state index in [2.05, 4.69) is 15.5 Å². The van der Waals surface area contributed by atoms with E-state index in [0.29, 0.717) is 38.8 Å². The normalized spacial score (nSPS) is 10.6. The maximum absolute atomic E-state index is 12.4. The fourth-order valence-corrected chi connectivity index (χ4v) is 3.57. The number of amides is 1. The molecule has 2 aromatic heterocycles. The van der Waals surface area contributed by atoms with E-state index in [0.717, 1.165) is 5.56 Å². The van der Waals surface area contributed by atoms with Gasteiger partial charge in [0.05, 0.1) is 12.8 Å². The van der Waals surface area contributed by atoms with E-state index in [1.807, 2.05) is 23.6 Å². The van der Waals surface area contributed by atoms with Crippen LogP contribution in [0.1, 0.15) is 0 Å². The molecule has 0 atom stereocenters. The Kier molecular flexibility index (Phi) is 5.97. The Morgan fingerprint density at radius 1 is 1.13 bits per heavy atom. The number of para-hydroxylation sites is 2. The summed E-state index contributed by atoms with van der Waals surface area (Å²) < 4.78 is 16.2. The average molecular weight is 442 g/mol. The van der Waals surface area contributed by atoms with Crippen molar-refractivity contribution in [3.8, 4) is 33.7 Å². The van der Waals surface area contributed by atoms with Crippen LogP contribution in [0.4, 0.5) is 5.69 Å². The number of ether oxygens (including phenoxy) is 2. The number of hydrogen-bond acceptors (Lipinski definition) is 7. The third kappa shape index (κ3) is 4.45. The summed E-state index contributed by atoms with van der Waals surface area (Å²) >= 11 is 7.30. The Morgan fingerprint density at radius 3 is 2.67 bits per heavy atom. The van der Waals surface area contributed by atoms with Crippen LogP contribution in [0.2, 0.25) is 5.02 Å². The molecule has 1 amide bonds. The minimum Gasteiger partial charge on any atom is -0.493 e. The lowest BCUT2D eigenvalue weighted by atomic mass is 10.2. The van der Waals surface area contributed by atoms with Gasteiger partial charge in [-0.25, -0.2) is 0 Å². The molecule has 9 heteroatoms. The van der Waals surface area contributed by atoms with Gasteiger partial charge in [-0.15, -0.1) is 11.3 Å². The second-order valence-corrected chi connectivity index (χ2v) is 7.43. The molecule has 4 aromatic rings. The highest BCUT2D eigenvalue weighted by Gasteiger charge is 2.17. The van der Waals surface area contributed by atoms with E-state index in [-0.39, 0.29) is 12.5 Å². The SMILES string of the molecule is COc1ccccc1OCC(=O)Nc1ccsc1-c1nc(-c2ccc(Cl)cc2)no1. The van der Waals surface area contributed by atoms with Crippen LogP contribution in [-0.4, -0.2) is 29.8 Å². The summed E-state index contributed by atoms with van der Waals surface area (Å²) in [5.74, 6) is 1.48. The van der Waals surface area contributed by atoms with Gasteiger partial charge >= 0.3 is 0 Å². The minimum absolute atomic E-state index is 0.171. The lowest BCUT2D eigenvalue weighted by molar-refractivity contribution is -0.118. The number of nitrogens with one attached hydrogen (secondary N) is 1. The zero-order valence-electron chi connectivity index (χ0n) is 15.8. The summed E-state index contributed by atoms with van der Waals surface area (Å²) in [7, 11) is 1.54. The fraction of sp³-hybridized carbons (Fsp3) is 0.0952. The number of benzene rings is 2. The number of aromatic nitrogens is 2. The van der Waals surface area contributed by atoms with Crippen molar-refractivity contribution >= 4 is 34.5 Å². The van der Waals surface area contributed by atoms with Crippen LogP contribution in [0.15, 0.2) is 64.5 Å². The van der Waals surface area contributed by atoms with Crippen LogP contribution in [0.25, 0.3) is 22.2 Å². The fourth-order valence-electron chi connectivity index (χ4n) is 2.67. The molecule has 7 nitrogen and oxygen atoms in total. The average Bonchev–Trinajstić information content (AvgIpc) is 3.42. The van der Waals surface area contributed by atoms with Gasteiger partial charge < -0.3 is 19.3 Å². The summed E-state index contributed by atoms with van der Waals surface area (Å²) in [5.41, 5.74) is 1.35. The molecule has 152 valence electrons. The predicted octanol–water partition coefficient (Wildman–Crippen LogP) is 5.14. The number of methoxy groups -OCH3 is 1. The Hall–Kier alpha value is -3.36. The Labute approximate surface area is 181 Å². The lowest BCUT2D eigenvalue weighted by Gasteiger charge is -2.10. The zero-order valence-corrected chi connectivity index (χ0v) is 17.4. The van der Waals surface area contributed by atoms with Crippen molar-refractivity contribution in [3.63, 3.8) is 0 Å². The van der Waals surface area contributed by atoms with Crippen LogP contribution in [0.5, 0.6) is 11.5 Å². The van der Waals surface area contributed by atoms with Crippen molar-refractivity contribution in [2.45, 2.75) is 0 Å². The topological polar surface area (TPSA) is 86.5 Å². The third-order valence-electron chi connectivity index (χ3n) is 4.09. The number of rotatable bonds is 7. The van der Waals surface area contributed by atoms with Crippen LogP contribution < -0.4 is 14.8 Å². The predicted molar refractivity (Wildman–Crippen MR) is 115 cm³/mol. The maximum atomic E-state index is 12.4. The molecule has 0 saturated carbocycles. The van der Waals surface area contributed by atoms with Gasteiger partial charge in [0.1, 0.15) is 4.88 Å². The van der Waals surface area contributed by atoms with Crippen LogP contribution >= 0.6 is 22.9 Å². The summed E-state index contributed by atoms with van der Waals surface area (Å²) in [5, 5.41) is 9.28. The number of carbonyl (C=O) groups excluding carboxylic acids is 1. The first-order chi connectivity index (χ1) is 14.6. The molecule has 0 radical (unpaired) electrons. The van der Waals surface area contributed by atoms with Crippen molar-refractivity contribution in [1.29, 1.82) is 0 Å². The highest BCUT2D eigenvalue weighted by atomic mass is 35.5. The van der Waals surface area contributed by atoms with E-state index in [4.69, 9.17) is 25.6 Å². The van der Waals surface area contributed by atoms with Crippen molar-refractivity contribution in [1.82, 2.24) is 10.1 Å². The Bertz CT molecular complexity index is 1160. The molecule has 0 bridgehead atoms. The van der Waals surface area contributed by atoms with Gasteiger partial charge in [-0.3, -0.25) is 4.79 Å². The van der Waals surface area contributed by atoms with Gasteiger partial charge in [0.2, 0.25) is 5.82 Å². The van der Waals surface area contributed by atoms with E-state index in [1.165, 1.54) is 11.3 Å². The number of thiophene rings is 1. The van der Waals surface area contributed by atoms with Gasteiger partial charge in [-0.2, -0.15) is 4.98 Å². The number of carbonyl (C=O) groups is 1. The molecular formula is C21H16ClN3O4S. The first kappa shape index (κ1) is 19.9. The van der Waals surface area contributed by atoms with Crippen LogP contribution in [0, 0.1) is 0 Å². The van der Waals surface area contributed by atoms with Gasteiger partial charge in [-0.05, 0) is 47.8 Å². The van der Waals surface area contributed by atoms with Crippen LogP contribution in [0.3, 0.4) is 0 Å². The Balaban J connectivity index is 1.44. The first-order valence-electron chi connectivity index (χ1n) is 8.87. The van der Waals surface area contributed by atoms with E-state index in [1.54, 1.807) is 43.5 Å². The highest BCUT2D eigenvalue weighted by molar-refractivity contribution is 7.14. The maximum Gasteiger partial charge on any atom is 0.270 e. The lowest BCUT2D eigenvalue weighted by Crippen LogP contribution is -2.20. The van der Waals surface area contributed by atoms with Crippen LogP contribution in [-0.2, 0) is 4.79 Å². The summed E-state index contributed by atoms with van der Waals surface area (Å²) in [4.78, 5) is 17.5. The van der Waals surface area contributed by atoms with Gasteiger partial charge in [0.25, 0.3) is 11.8 Å². The molecule has 0 spiro atoms. The van der Waals surface area contributed by atoms with Gasteiger partial charge in [0.15, 0.2) is 18.1 Å². The minimum atomic E-state index is -0.321. The summed E-state index contributed by atoms with van der Waals surface area (Å²) in [6, 6.07) is 16.0. The number of nitrogens with zero attached hydrogens (tertiary/aromatic N) is 2. The molecule has 0 fully saturated rings. The smallest absolute Gasteiger partial charge is 0.270 e. The van der Waals surface area contributed by atoms with Gasteiger partial charge in [0, 0.05) is 10.6 Å². The quantitative estimate of drug-likeness (QED) is 0.427. The molecule has 0 unspecified atom stereocenters. The standard InChI is InChI=1S/C21H16ClN3O4S/c1-27-16-4-2-3-5-17(16)28-12-18(26)23-15-10-11-30-19(15)21-24-20(25-29-21)13-6-8-14(22)9-7-13/h2-11H,12H2,1H3,(H,23,26). The van der Waals surface area contributed by atoms with Gasteiger partial charge in [-0.1, -0.05) is 28.9 Å². The Morgan fingerprint density at radius 2 is 1.90 bits per heavy atom. The molecule has 0 aliphatic carbocycles. The molecule has 1 N–H and O–H groups in total. The third-order valence-corrected chi connectivity index (χ3v) is 5.24. The second-order valence-electron chi connectivity index (χ2n) is 6.08.